The summed E-state index contributed by atoms with van der Waals surface area (Å²) in [5.74, 6) is 0.922. The molecule has 1 N–H and O–H groups in total. The van der Waals surface area contributed by atoms with Gasteiger partial charge in [-0.25, -0.2) is 0 Å². The first kappa shape index (κ1) is 10.4. The fourth-order valence-electron chi connectivity index (χ4n) is 1.82. The summed E-state index contributed by atoms with van der Waals surface area (Å²) in [7, 11) is 0. The maximum atomic E-state index is 9.83. The number of hydrogen-bond donors (Lipinski definition) is 1. The first-order valence-corrected chi connectivity index (χ1v) is 5.33. The molecule has 82 valence electrons. The first-order valence-electron chi connectivity index (χ1n) is 5.33. The standard InChI is InChI=1S/C11H17N3O/c1-9-7-10(13-12-8-9)14-5-3-11(2,15)4-6-14/h7-8,15H,3-6H2,1-2H3. The van der Waals surface area contributed by atoms with Crippen LogP contribution in [0.25, 0.3) is 0 Å². The van der Waals surface area contributed by atoms with E-state index in [0.29, 0.717) is 0 Å². The van der Waals surface area contributed by atoms with Crippen LogP contribution in [0, 0.1) is 6.92 Å². The molecule has 4 nitrogen and oxygen atoms in total. The molecule has 0 spiro atoms. The minimum Gasteiger partial charge on any atom is -0.390 e. The second-order valence-electron chi connectivity index (χ2n) is 4.58. The van der Waals surface area contributed by atoms with E-state index in [9.17, 15) is 5.11 Å². The average molecular weight is 207 g/mol. The van der Waals surface area contributed by atoms with Gasteiger partial charge in [-0.15, -0.1) is 5.10 Å². The molecule has 0 unspecified atom stereocenters. The Hall–Kier alpha value is -1.16. The fraction of sp³-hybridized carbons (Fsp3) is 0.636. The second kappa shape index (κ2) is 3.77. The SMILES string of the molecule is Cc1cnnc(N2CCC(C)(O)CC2)c1. The van der Waals surface area contributed by atoms with Gasteiger partial charge in [0.1, 0.15) is 0 Å². The molecule has 4 heteroatoms. The van der Waals surface area contributed by atoms with Crippen LogP contribution in [0.3, 0.4) is 0 Å². The molecule has 0 saturated carbocycles. The second-order valence-corrected chi connectivity index (χ2v) is 4.58. The smallest absolute Gasteiger partial charge is 0.151 e. The highest BCUT2D eigenvalue weighted by Gasteiger charge is 2.27. The zero-order valence-corrected chi connectivity index (χ0v) is 9.27. The van der Waals surface area contributed by atoms with Crippen molar-refractivity contribution in [1.82, 2.24) is 10.2 Å². The Morgan fingerprint density at radius 3 is 2.67 bits per heavy atom. The van der Waals surface area contributed by atoms with Gasteiger partial charge in [-0.2, -0.15) is 5.10 Å². The lowest BCUT2D eigenvalue weighted by molar-refractivity contribution is 0.0350. The van der Waals surface area contributed by atoms with Crippen LogP contribution < -0.4 is 4.90 Å². The van der Waals surface area contributed by atoms with Crippen molar-refractivity contribution >= 4 is 5.82 Å². The molecule has 15 heavy (non-hydrogen) atoms. The number of aryl methyl sites for hydroxylation is 1. The van der Waals surface area contributed by atoms with E-state index in [1.165, 1.54) is 0 Å². The van der Waals surface area contributed by atoms with Crippen molar-refractivity contribution in [1.29, 1.82) is 0 Å². The molecule has 0 radical (unpaired) electrons. The summed E-state index contributed by atoms with van der Waals surface area (Å²) in [6.07, 6.45) is 3.34. The topological polar surface area (TPSA) is 49.2 Å². The largest absolute Gasteiger partial charge is 0.390 e. The van der Waals surface area contributed by atoms with Gasteiger partial charge in [0.25, 0.3) is 0 Å². The number of aliphatic hydroxyl groups is 1. The number of piperidine rings is 1. The lowest BCUT2D eigenvalue weighted by Gasteiger charge is -2.36. The zero-order valence-electron chi connectivity index (χ0n) is 9.27. The quantitative estimate of drug-likeness (QED) is 0.750. The first-order chi connectivity index (χ1) is 7.07. The van der Waals surface area contributed by atoms with Crippen molar-refractivity contribution in [3.63, 3.8) is 0 Å². The summed E-state index contributed by atoms with van der Waals surface area (Å²) in [5.41, 5.74) is 0.616. The Bertz CT molecular complexity index is 341. The average Bonchev–Trinajstić information content (AvgIpc) is 2.17. The van der Waals surface area contributed by atoms with Crippen molar-refractivity contribution in [2.45, 2.75) is 32.3 Å². The zero-order chi connectivity index (χ0) is 10.9. The van der Waals surface area contributed by atoms with E-state index in [1.54, 1.807) is 6.20 Å². The van der Waals surface area contributed by atoms with Crippen molar-refractivity contribution in [3.05, 3.63) is 17.8 Å². The molecule has 1 aromatic rings. The third kappa shape index (κ3) is 2.45. The minimum absolute atomic E-state index is 0.506. The number of rotatable bonds is 1. The molecule has 2 heterocycles. The molecule has 0 bridgehead atoms. The normalized spacial score (nSPS) is 20.3. The Kier molecular flexibility index (Phi) is 2.61. The number of aromatic nitrogens is 2. The van der Waals surface area contributed by atoms with E-state index in [1.807, 2.05) is 19.9 Å². The van der Waals surface area contributed by atoms with Crippen LogP contribution in [0.2, 0.25) is 0 Å². The molecular formula is C11H17N3O. The van der Waals surface area contributed by atoms with E-state index in [4.69, 9.17) is 0 Å². The maximum absolute atomic E-state index is 9.83. The maximum Gasteiger partial charge on any atom is 0.151 e. The van der Waals surface area contributed by atoms with E-state index in [2.05, 4.69) is 15.1 Å². The van der Waals surface area contributed by atoms with Crippen LogP contribution in [-0.2, 0) is 0 Å². The van der Waals surface area contributed by atoms with Crippen molar-refractivity contribution in [2.75, 3.05) is 18.0 Å². The van der Waals surface area contributed by atoms with Crippen LogP contribution in [0.15, 0.2) is 12.3 Å². The molecule has 0 aliphatic carbocycles. The monoisotopic (exact) mass is 207 g/mol. The number of anilines is 1. The Morgan fingerprint density at radius 1 is 1.40 bits per heavy atom. The summed E-state index contributed by atoms with van der Waals surface area (Å²) in [6.45, 7) is 5.61. The fourth-order valence-corrected chi connectivity index (χ4v) is 1.82. The summed E-state index contributed by atoms with van der Waals surface area (Å²) < 4.78 is 0. The summed E-state index contributed by atoms with van der Waals surface area (Å²) in [5, 5.41) is 17.9. The van der Waals surface area contributed by atoms with E-state index in [0.717, 1.165) is 37.3 Å². The highest BCUT2D eigenvalue weighted by molar-refractivity contribution is 5.39. The molecular weight excluding hydrogens is 190 g/mol. The van der Waals surface area contributed by atoms with Crippen LogP contribution in [0.5, 0.6) is 0 Å². The predicted molar refractivity (Wildman–Crippen MR) is 58.8 cm³/mol. The Labute approximate surface area is 89.9 Å². The third-order valence-electron chi connectivity index (χ3n) is 2.94. The predicted octanol–water partition coefficient (Wildman–Crippen LogP) is 1.14. The Balaban J connectivity index is 2.08. The highest BCUT2D eigenvalue weighted by Crippen LogP contribution is 2.24. The molecule has 0 atom stereocenters. The van der Waals surface area contributed by atoms with E-state index < -0.39 is 5.60 Å². The minimum atomic E-state index is -0.506. The van der Waals surface area contributed by atoms with Gasteiger partial charge in [-0.1, -0.05) is 0 Å². The molecule has 1 fully saturated rings. The molecule has 1 saturated heterocycles. The summed E-state index contributed by atoms with van der Waals surface area (Å²) >= 11 is 0. The molecule has 1 aliphatic rings. The summed E-state index contributed by atoms with van der Waals surface area (Å²) in [4.78, 5) is 2.18. The van der Waals surface area contributed by atoms with Crippen molar-refractivity contribution < 1.29 is 5.11 Å². The molecule has 0 amide bonds. The molecule has 1 aliphatic heterocycles. The lowest BCUT2D eigenvalue weighted by atomic mass is 9.94. The van der Waals surface area contributed by atoms with Crippen molar-refractivity contribution in [3.8, 4) is 0 Å². The highest BCUT2D eigenvalue weighted by atomic mass is 16.3. The number of nitrogens with zero attached hydrogens (tertiary/aromatic N) is 3. The van der Waals surface area contributed by atoms with Crippen molar-refractivity contribution in [2.24, 2.45) is 0 Å². The molecule has 0 aromatic carbocycles. The van der Waals surface area contributed by atoms with Gasteiger partial charge < -0.3 is 10.0 Å². The van der Waals surface area contributed by atoms with Crippen LogP contribution in [0.1, 0.15) is 25.3 Å². The number of hydrogen-bond acceptors (Lipinski definition) is 4. The van der Waals surface area contributed by atoms with E-state index in [-0.39, 0.29) is 0 Å². The van der Waals surface area contributed by atoms with Gasteiger partial charge in [0, 0.05) is 13.1 Å². The van der Waals surface area contributed by atoms with Gasteiger partial charge in [0.2, 0.25) is 0 Å². The van der Waals surface area contributed by atoms with Gasteiger partial charge in [0.05, 0.1) is 11.8 Å². The van der Waals surface area contributed by atoms with Gasteiger partial charge >= 0.3 is 0 Å². The van der Waals surface area contributed by atoms with Gasteiger partial charge in [0.15, 0.2) is 5.82 Å². The molecule has 1 aromatic heterocycles. The van der Waals surface area contributed by atoms with E-state index >= 15 is 0 Å². The molecule has 2 rings (SSSR count). The third-order valence-corrected chi connectivity index (χ3v) is 2.94. The Morgan fingerprint density at radius 2 is 2.07 bits per heavy atom. The van der Waals surface area contributed by atoms with Crippen LogP contribution in [0.4, 0.5) is 5.82 Å². The van der Waals surface area contributed by atoms with Crippen LogP contribution in [-0.4, -0.2) is 34.0 Å². The van der Waals surface area contributed by atoms with Gasteiger partial charge in [-0.05, 0) is 38.3 Å². The van der Waals surface area contributed by atoms with Gasteiger partial charge in [-0.3, -0.25) is 0 Å². The van der Waals surface area contributed by atoms with Crippen LogP contribution >= 0.6 is 0 Å². The lowest BCUT2D eigenvalue weighted by Crippen LogP contribution is -2.42. The summed E-state index contributed by atoms with van der Waals surface area (Å²) in [6, 6.07) is 2.03.